The summed E-state index contributed by atoms with van der Waals surface area (Å²) < 4.78 is 1.33. The lowest BCUT2D eigenvalue weighted by Crippen LogP contribution is -2.32. The molecular weight excluding hydrogens is 410 g/mol. The zero-order valence-corrected chi connectivity index (χ0v) is 17.5. The molecule has 0 fully saturated rings. The van der Waals surface area contributed by atoms with Crippen LogP contribution in [0.4, 0.5) is 11.5 Å². The maximum absolute atomic E-state index is 13.0. The summed E-state index contributed by atoms with van der Waals surface area (Å²) in [6.45, 7) is 3.86. The van der Waals surface area contributed by atoms with E-state index >= 15 is 0 Å². The van der Waals surface area contributed by atoms with Crippen LogP contribution in [-0.2, 0) is 0 Å². The number of nitro groups is 1. The van der Waals surface area contributed by atoms with Gasteiger partial charge >= 0.3 is 0 Å². The number of fused-ring (bicyclic) bond motifs is 2. The van der Waals surface area contributed by atoms with Crippen molar-refractivity contribution in [1.82, 2.24) is 20.0 Å². The Kier molecular flexibility index (Phi) is 5.50. The number of amides is 1. The molecule has 2 aromatic heterocycles. The molecule has 1 unspecified atom stereocenters. The maximum atomic E-state index is 13.0. The predicted octanol–water partition coefficient (Wildman–Crippen LogP) is 3.49. The Morgan fingerprint density at radius 3 is 2.66 bits per heavy atom. The van der Waals surface area contributed by atoms with E-state index in [1.165, 1.54) is 23.0 Å². The fourth-order valence-corrected chi connectivity index (χ4v) is 3.23. The van der Waals surface area contributed by atoms with E-state index in [2.05, 4.69) is 20.4 Å². The number of non-ortho nitro benzene ring substituents is 1. The molecule has 0 saturated heterocycles. The van der Waals surface area contributed by atoms with E-state index in [4.69, 9.17) is 5.73 Å². The third kappa shape index (κ3) is 3.85. The summed E-state index contributed by atoms with van der Waals surface area (Å²) in [4.78, 5) is 32.8. The third-order valence-electron chi connectivity index (χ3n) is 5.09. The van der Waals surface area contributed by atoms with E-state index in [0.717, 1.165) is 6.42 Å². The molecular formula is C22H21N7O3. The summed E-state index contributed by atoms with van der Waals surface area (Å²) in [5, 5.41) is 18.3. The number of nitrogen functional groups attached to an aromatic ring is 1. The Morgan fingerprint density at radius 2 is 1.97 bits per heavy atom. The lowest BCUT2D eigenvalue weighted by molar-refractivity contribution is -0.384. The summed E-state index contributed by atoms with van der Waals surface area (Å²) in [5.74, 6) is -0.284. The first-order valence-electron chi connectivity index (χ1n) is 10.1. The van der Waals surface area contributed by atoms with Gasteiger partial charge in [0.15, 0.2) is 5.65 Å². The van der Waals surface area contributed by atoms with Gasteiger partial charge in [-0.15, -0.1) is 0 Å². The highest BCUT2D eigenvalue weighted by Gasteiger charge is 2.24. The second kappa shape index (κ2) is 8.42. The standard InChI is InChI=1S/C22H21N7O3/c1-3-13(2)25-22(30)18-19-21(27-17-10-5-4-9-16(17)26-19)28(20(18)23)24-12-14-7-6-8-15(11-14)29(31)32/h4-13H,3,23H2,1-2H3,(H,25,30)/b24-12+. The SMILES string of the molecule is CCC(C)NC(=O)c1c(N)n(/N=C/c2cccc([N+](=O)[O-])c2)c2nc3ccccc3nc12. The average Bonchev–Trinajstić information content (AvgIpc) is 3.06. The Bertz CT molecular complexity index is 1380. The number of nitrogens with two attached hydrogens (primary N) is 1. The van der Waals surface area contributed by atoms with Crippen molar-refractivity contribution in [2.45, 2.75) is 26.3 Å². The molecule has 4 rings (SSSR count). The fourth-order valence-electron chi connectivity index (χ4n) is 3.23. The van der Waals surface area contributed by atoms with Crippen LogP contribution in [0.25, 0.3) is 22.2 Å². The van der Waals surface area contributed by atoms with Gasteiger partial charge in [0.25, 0.3) is 11.6 Å². The number of hydrogen-bond acceptors (Lipinski definition) is 7. The van der Waals surface area contributed by atoms with Crippen LogP contribution in [0, 0.1) is 10.1 Å². The van der Waals surface area contributed by atoms with Crippen molar-refractivity contribution in [1.29, 1.82) is 0 Å². The molecule has 2 heterocycles. The quantitative estimate of drug-likeness (QED) is 0.272. The first kappa shape index (κ1) is 20.9. The Labute approximate surface area is 182 Å². The number of rotatable bonds is 6. The lowest BCUT2D eigenvalue weighted by Gasteiger charge is -2.11. The smallest absolute Gasteiger partial charge is 0.270 e. The highest BCUT2D eigenvalue weighted by atomic mass is 16.6. The monoisotopic (exact) mass is 431 g/mol. The van der Waals surface area contributed by atoms with Crippen molar-refractivity contribution in [3.63, 3.8) is 0 Å². The summed E-state index contributed by atoms with van der Waals surface area (Å²) >= 11 is 0. The van der Waals surface area contributed by atoms with Gasteiger partial charge in [0.1, 0.15) is 16.9 Å². The van der Waals surface area contributed by atoms with Crippen molar-refractivity contribution in [2.75, 3.05) is 5.73 Å². The van der Waals surface area contributed by atoms with E-state index < -0.39 is 4.92 Å². The average molecular weight is 431 g/mol. The minimum atomic E-state index is -0.480. The molecule has 0 aliphatic heterocycles. The van der Waals surface area contributed by atoms with E-state index in [1.54, 1.807) is 24.3 Å². The largest absolute Gasteiger partial charge is 0.383 e. The number of carbonyl (C=O) groups excluding carboxylic acids is 1. The number of benzene rings is 2. The number of hydrogen-bond donors (Lipinski definition) is 2. The summed E-state index contributed by atoms with van der Waals surface area (Å²) in [5.41, 5.74) is 8.87. The van der Waals surface area contributed by atoms with Crippen LogP contribution in [0.5, 0.6) is 0 Å². The van der Waals surface area contributed by atoms with Crippen molar-refractivity contribution in [3.8, 4) is 0 Å². The van der Waals surface area contributed by atoms with E-state index in [-0.39, 0.29) is 29.0 Å². The van der Waals surface area contributed by atoms with Gasteiger partial charge in [-0.3, -0.25) is 14.9 Å². The molecule has 0 saturated carbocycles. The van der Waals surface area contributed by atoms with Gasteiger partial charge in [-0.2, -0.15) is 9.78 Å². The van der Waals surface area contributed by atoms with E-state index in [1.807, 2.05) is 26.0 Å². The number of anilines is 1. The zero-order chi connectivity index (χ0) is 22.8. The van der Waals surface area contributed by atoms with Gasteiger partial charge in [-0.25, -0.2) is 9.97 Å². The van der Waals surface area contributed by atoms with Gasteiger partial charge in [0.2, 0.25) is 0 Å². The Balaban J connectivity index is 1.88. The van der Waals surface area contributed by atoms with Gasteiger partial charge in [0, 0.05) is 23.7 Å². The van der Waals surface area contributed by atoms with Crippen molar-refractivity contribution in [3.05, 3.63) is 69.8 Å². The van der Waals surface area contributed by atoms with Gasteiger partial charge in [0.05, 0.1) is 22.2 Å². The summed E-state index contributed by atoms with van der Waals surface area (Å²) in [7, 11) is 0. The number of nitrogens with one attached hydrogen (secondary N) is 1. The van der Waals surface area contributed by atoms with Gasteiger partial charge in [-0.1, -0.05) is 31.2 Å². The topological polar surface area (TPSA) is 141 Å². The molecule has 2 aromatic carbocycles. The van der Waals surface area contributed by atoms with Crippen LogP contribution in [0.3, 0.4) is 0 Å². The third-order valence-corrected chi connectivity index (χ3v) is 5.09. The van der Waals surface area contributed by atoms with Crippen molar-refractivity contribution in [2.24, 2.45) is 5.10 Å². The summed E-state index contributed by atoms with van der Waals surface area (Å²) in [6, 6.07) is 13.3. The number of para-hydroxylation sites is 2. The molecule has 10 heteroatoms. The van der Waals surface area contributed by atoms with Crippen LogP contribution in [0.2, 0.25) is 0 Å². The second-order valence-corrected chi connectivity index (χ2v) is 7.34. The molecule has 3 N–H and O–H groups in total. The first-order valence-corrected chi connectivity index (χ1v) is 10.1. The van der Waals surface area contributed by atoms with Crippen LogP contribution in [0.1, 0.15) is 36.2 Å². The zero-order valence-electron chi connectivity index (χ0n) is 17.5. The first-order chi connectivity index (χ1) is 15.4. The molecule has 1 amide bonds. The molecule has 32 heavy (non-hydrogen) atoms. The van der Waals surface area contributed by atoms with Gasteiger partial charge < -0.3 is 11.1 Å². The molecule has 0 aliphatic rings. The molecule has 0 bridgehead atoms. The number of nitrogens with zero attached hydrogens (tertiary/aromatic N) is 5. The summed E-state index contributed by atoms with van der Waals surface area (Å²) in [6.07, 6.45) is 2.18. The molecule has 0 aliphatic carbocycles. The molecule has 0 spiro atoms. The Hall–Kier alpha value is -4.34. The number of nitro benzene ring substituents is 1. The highest BCUT2D eigenvalue weighted by molar-refractivity contribution is 6.10. The lowest BCUT2D eigenvalue weighted by atomic mass is 10.2. The van der Waals surface area contributed by atoms with Crippen molar-refractivity contribution >= 4 is 45.8 Å². The fraction of sp³-hybridized carbons (Fsp3) is 0.182. The second-order valence-electron chi connectivity index (χ2n) is 7.34. The van der Waals surface area contributed by atoms with E-state index in [0.29, 0.717) is 27.8 Å². The van der Waals surface area contributed by atoms with Crippen LogP contribution < -0.4 is 11.1 Å². The minimum Gasteiger partial charge on any atom is -0.383 e. The highest BCUT2D eigenvalue weighted by Crippen LogP contribution is 2.28. The molecule has 0 radical (unpaired) electrons. The van der Waals surface area contributed by atoms with Gasteiger partial charge in [-0.05, 0) is 25.5 Å². The van der Waals surface area contributed by atoms with E-state index in [9.17, 15) is 14.9 Å². The molecule has 162 valence electrons. The predicted molar refractivity (Wildman–Crippen MR) is 123 cm³/mol. The number of aromatic nitrogens is 3. The maximum Gasteiger partial charge on any atom is 0.270 e. The molecule has 1 atom stereocenters. The Morgan fingerprint density at radius 1 is 1.25 bits per heavy atom. The van der Waals surface area contributed by atoms with Crippen LogP contribution in [-0.4, -0.2) is 37.7 Å². The van der Waals surface area contributed by atoms with Crippen molar-refractivity contribution < 1.29 is 9.72 Å². The minimum absolute atomic E-state index is 0.0536. The number of carbonyl (C=O) groups is 1. The molecule has 10 nitrogen and oxygen atoms in total. The molecule has 4 aromatic rings. The van der Waals surface area contributed by atoms with Crippen LogP contribution in [0.15, 0.2) is 53.6 Å². The van der Waals surface area contributed by atoms with Crippen LogP contribution >= 0.6 is 0 Å². The normalized spacial score (nSPS) is 12.4.